The summed E-state index contributed by atoms with van der Waals surface area (Å²) in [6, 6.07) is 7.73. The molecule has 86 valence electrons. The van der Waals surface area contributed by atoms with Gasteiger partial charge in [-0.05, 0) is 56.0 Å². The first-order valence-corrected chi connectivity index (χ1v) is 6.52. The van der Waals surface area contributed by atoms with E-state index in [0.29, 0.717) is 5.02 Å². The molecular weight excluding hydrogens is 329 g/mol. The maximum Gasteiger partial charge on any atom is 0.0560 e. The van der Waals surface area contributed by atoms with Gasteiger partial charge in [-0.25, -0.2) is 0 Å². The van der Waals surface area contributed by atoms with E-state index in [1.54, 1.807) is 11.3 Å². The van der Waals surface area contributed by atoms with E-state index in [-0.39, 0.29) is 18.4 Å². The van der Waals surface area contributed by atoms with Gasteiger partial charge in [-0.15, -0.1) is 12.4 Å². The third-order valence-corrected chi connectivity index (χ3v) is 4.12. The molecule has 2 aromatic rings. The second-order valence-electron chi connectivity index (χ2n) is 3.21. The van der Waals surface area contributed by atoms with Crippen LogP contribution in [0, 0.1) is 0 Å². The summed E-state index contributed by atoms with van der Waals surface area (Å²) in [7, 11) is 0. The van der Waals surface area contributed by atoms with Gasteiger partial charge in [0.15, 0.2) is 0 Å². The molecule has 0 saturated carbocycles. The highest BCUT2D eigenvalue weighted by atomic mass is 79.9. The lowest BCUT2D eigenvalue weighted by Crippen LogP contribution is -2.10. The summed E-state index contributed by atoms with van der Waals surface area (Å²) < 4.78 is 0.882. The van der Waals surface area contributed by atoms with Gasteiger partial charge >= 0.3 is 0 Å². The fourth-order valence-electron chi connectivity index (χ4n) is 1.35. The van der Waals surface area contributed by atoms with Crippen molar-refractivity contribution in [3.05, 3.63) is 55.6 Å². The molecule has 0 saturated heterocycles. The van der Waals surface area contributed by atoms with Crippen LogP contribution in [-0.4, -0.2) is 0 Å². The molecule has 2 N–H and O–H groups in total. The molecule has 16 heavy (non-hydrogen) atoms. The summed E-state index contributed by atoms with van der Waals surface area (Å²) in [5.74, 6) is 0. The second kappa shape index (κ2) is 6.03. The number of rotatable bonds is 2. The van der Waals surface area contributed by atoms with Crippen LogP contribution < -0.4 is 5.73 Å². The number of thiophene rings is 1. The first-order chi connectivity index (χ1) is 7.18. The minimum absolute atomic E-state index is 0. The Labute approximate surface area is 118 Å². The Balaban J connectivity index is 0.00000128. The van der Waals surface area contributed by atoms with Gasteiger partial charge in [0.05, 0.1) is 11.1 Å². The van der Waals surface area contributed by atoms with E-state index < -0.39 is 0 Å². The SMILES string of the molecule is Cl.N[C@@H](c1ccsc1)c1ccc(Cl)c(Br)c1. The zero-order valence-electron chi connectivity index (χ0n) is 8.19. The van der Waals surface area contributed by atoms with Crippen molar-refractivity contribution in [2.24, 2.45) is 5.73 Å². The van der Waals surface area contributed by atoms with Crippen molar-refractivity contribution in [3.8, 4) is 0 Å². The molecule has 1 aromatic carbocycles. The van der Waals surface area contributed by atoms with Crippen LogP contribution in [-0.2, 0) is 0 Å². The highest BCUT2D eigenvalue weighted by Gasteiger charge is 2.10. The first-order valence-electron chi connectivity index (χ1n) is 4.41. The standard InChI is InChI=1S/C11H9BrClNS.ClH/c12-9-5-7(1-2-10(9)13)11(14)8-3-4-15-6-8;/h1-6,11H,14H2;1H/t11-;/m1./s1. The van der Waals surface area contributed by atoms with Crippen molar-refractivity contribution in [1.82, 2.24) is 0 Å². The van der Waals surface area contributed by atoms with Crippen LogP contribution in [0.4, 0.5) is 0 Å². The molecule has 1 aromatic heterocycles. The number of hydrogen-bond donors (Lipinski definition) is 1. The smallest absolute Gasteiger partial charge is 0.0560 e. The fraction of sp³-hybridized carbons (Fsp3) is 0.0909. The summed E-state index contributed by atoms with van der Waals surface area (Å²) in [4.78, 5) is 0. The van der Waals surface area contributed by atoms with Crippen LogP contribution in [0.1, 0.15) is 17.2 Å². The molecule has 0 aliphatic heterocycles. The van der Waals surface area contributed by atoms with E-state index in [4.69, 9.17) is 17.3 Å². The van der Waals surface area contributed by atoms with Crippen LogP contribution in [0.5, 0.6) is 0 Å². The first kappa shape index (κ1) is 14.0. The molecule has 0 radical (unpaired) electrons. The molecule has 1 atom stereocenters. The summed E-state index contributed by atoms with van der Waals surface area (Å²) in [5.41, 5.74) is 8.32. The Bertz CT molecular complexity index is 459. The predicted molar refractivity (Wildman–Crippen MR) is 76.7 cm³/mol. The van der Waals surface area contributed by atoms with Crippen molar-refractivity contribution < 1.29 is 0 Å². The molecular formula is C11H10BrCl2NS. The van der Waals surface area contributed by atoms with E-state index in [2.05, 4.69) is 21.3 Å². The highest BCUT2D eigenvalue weighted by molar-refractivity contribution is 9.10. The highest BCUT2D eigenvalue weighted by Crippen LogP contribution is 2.28. The van der Waals surface area contributed by atoms with Gasteiger partial charge in [0.1, 0.15) is 0 Å². The third-order valence-electron chi connectivity index (χ3n) is 2.21. The number of halogens is 3. The average Bonchev–Trinajstić information content (AvgIpc) is 2.74. The Morgan fingerprint density at radius 1 is 1.25 bits per heavy atom. The lowest BCUT2D eigenvalue weighted by Gasteiger charge is -2.11. The van der Waals surface area contributed by atoms with Crippen LogP contribution >= 0.6 is 51.3 Å². The molecule has 0 fully saturated rings. The monoisotopic (exact) mass is 337 g/mol. The third kappa shape index (κ3) is 2.99. The minimum Gasteiger partial charge on any atom is -0.320 e. The van der Waals surface area contributed by atoms with Crippen LogP contribution in [0.15, 0.2) is 39.5 Å². The lowest BCUT2D eigenvalue weighted by atomic mass is 10.0. The zero-order valence-corrected chi connectivity index (χ0v) is 12.2. The van der Waals surface area contributed by atoms with Crippen LogP contribution in [0.3, 0.4) is 0 Å². The summed E-state index contributed by atoms with van der Waals surface area (Å²) in [6.45, 7) is 0. The minimum atomic E-state index is -0.0789. The lowest BCUT2D eigenvalue weighted by molar-refractivity contribution is 0.876. The topological polar surface area (TPSA) is 26.0 Å². The van der Waals surface area contributed by atoms with Gasteiger partial charge in [-0.1, -0.05) is 17.7 Å². The predicted octanol–water partition coefficient (Wildman–Crippen LogP) is 4.63. The normalized spacial score (nSPS) is 11.9. The molecule has 0 spiro atoms. The molecule has 2 rings (SSSR count). The molecule has 1 heterocycles. The zero-order chi connectivity index (χ0) is 10.8. The Morgan fingerprint density at radius 3 is 2.56 bits per heavy atom. The summed E-state index contributed by atoms with van der Waals surface area (Å²) in [5, 5.41) is 4.80. The summed E-state index contributed by atoms with van der Waals surface area (Å²) >= 11 is 11.0. The largest absolute Gasteiger partial charge is 0.320 e. The van der Waals surface area contributed by atoms with Crippen LogP contribution in [0.2, 0.25) is 5.02 Å². The molecule has 0 aliphatic carbocycles. The fourth-order valence-corrected chi connectivity index (χ4v) is 2.56. The molecule has 0 amide bonds. The van der Waals surface area contributed by atoms with Crippen LogP contribution in [0.25, 0.3) is 0 Å². The number of nitrogens with two attached hydrogens (primary N) is 1. The van der Waals surface area contributed by atoms with Gasteiger partial charge in [-0.2, -0.15) is 11.3 Å². The van der Waals surface area contributed by atoms with Crippen molar-refractivity contribution in [3.63, 3.8) is 0 Å². The maximum atomic E-state index is 6.12. The quantitative estimate of drug-likeness (QED) is 0.848. The Morgan fingerprint density at radius 2 is 2.00 bits per heavy atom. The Hall–Kier alpha value is -0.0600. The van der Waals surface area contributed by atoms with E-state index in [0.717, 1.165) is 15.6 Å². The van der Waals surface area contributed by atoms with E-state index in [9.17, 15) is 0 Å². The van der Waals surface area contributed by atoms with Crippen molar-refractivity contribution in [1.29, 1.82) is 0 Å². The van der Waals surface area contributed by atoms with Gasteiger partial charge in [0.2, 0.25) is 0 Å². The van der Waals surface area contributed by atoms with Crippen molar-refractivity contribution >= 4 is 51.3 Å². The Kier molecular flexibility index (Phi) is 5.28. The second-order valence-corrected chi connectivity index (χ2v) is 5.25. The van der Waals surface area contributed by atoms with Crippen molar-refractivity contribution in [2.75, 3.05) is 0 Å². The summed E-state index contributed by atoms with van der Waals surface area (Å²) in [6.07, 6.45) is 0. The molecule has 0 bridgehead atoms. The van der Waals surface area contributed by atoms with Gasteiger partial charge in [0, 0.05) is 4.47 Å². The van der Waals surface area contributed by atoms with E-state index in [1.165, 1.54) is 0 Å². The maximum absolute atomic E-state index is 6.12. The molecule has 5 heteroatoms. The van der Waals surface area contributed by atoms with E-state index in [1.807, 2.05) is 29.6 Å². The van der Waals surface area contributed by atoms with Gasteiger partial charge in [-0.3, -0.25) is 0 Å². The molecule has 0 aliphatic rings. The number of benzene rings is 1. The molecule has 1 nitrogen and oxygen atoms in total. The van der Waals surface area contributed by atoms with E-state index >= 15 is 0 Å². The molecule has 0 unspecified atom stereocenters. The van der Waals surface area contributed by atoms with Crippen molar-refractivity contribution in [2.45, 2.75) is 6.04 Å². The van der Waals surface area contributed by atoms with Gasteiger partial charge in [0.25, 0.3) is 0 Å². The number of hydrogen-bond acceptors (Lipinski definition) is 2. The van der Waals surface area contributed by atoms with Gasteiger partial charge < -0.3 is 5.73 Å². The average molecular weight is 339 g/mol.